The summed E-state index contributed by atoms with van der Waals surface area (Å²) in [6, 6.07) is 25.5. The van der Waals surface area contributed by atoms with Gasteiger partial charge in [-0.2, -0.15) is 0 Å². The molecule has 0 radical (unpaired) electrons. The van der Waals surface area contributed by atoms with Crippen molar-refractivity contribution in [1.82, 2.24) is 9.21 Å². The van der Waals surface area contributed by atoms with E-state index in [4.69, 9.17) is 0 Å². The van der Waals surface area contributed by atoms with Gasteiger partial charge in [-0.15, -0.1) is 0 Å². The van der Waals surface area contributed by atoms with Crippen LogP contribution in [0, 0.1) is 6.92 Å². The van der Waals surface area contributed by atoms with E-state index in [1.165, 1.54) is 22.3 Å². The summed E-state index contributed by atoms with van der Waals surface area (Å²) in [5.74, 6) is -0.257. The molecule has 0 saturated heterocycles. The van der Waals surface area contributed by atoms with Crippen molar-refractivity contribution in [1.29, 1.82) is 0 Å². The van der Waals surface area contributed by atoms with Crippen molar-refractivity contribution in [3.05, 3.63) is 102 Å². The fourth-order valence-corrected chi connectivity index (χ4v) is 6.12. The van der Waals surface area contributed by atoms with Gasteiger partial charge in [0.15, 0.2) is 5.37 Å². The molecule has 0 saturated carbocycles. The third-order valence-electron chi connectivity index (χ3n) is 5.32. The summed E-state index contributed by atoms with van der Waals surface area (Å²) in [5, 5.41) is -1.01. The van der Waals surface area contributed by atoms with E-state index in [2.05, 4.69) is 0 Å². The van der Waals surface area contributed by atoms with E-state index in [1.54, 1.807) is 35.2 Å². The summed E-state index contributed by atoms with van der Waals surface area (Å²) in [6.45, 7) is 6.67. The Morgan fingerprint density at radius 2 is 1.44 bits per heavy atom. The zero-order valence-electron chi connectivity index (χ0n) is 19.7. The average molecular weight is 495 g/mol. The number of carbonyl (C=O) groups is 1. The molecule has 3 aromatic carbocycles. The first kappa shape index (κ1) is 25.6. The molecule has 178 valence electrons. The molecule has 5 nitrogen and oxygen atoms in total. The molecule has 0 spiro atoms. The van der Waals surface area contributed by atoms with E-state index in [9.17, 15) is 13.2 Å². The summed E-state index contributed by atoms with van der Waals surface area (Å²) in [5.41, 5.74) is 1.80. The molecule has 1 unspecified atom stereocenters. The normalized spacial score (nSPS) is 12.4. The minimum absolute atomic E-state index is 0.141. The summed E-state index contributed by atoms with van der Waals surface area (Å²) < 4.78 is 29.0. The molecule has 0 heterocycles. The van der Waals surface area contributed by atoms with Crippen LogP contribution in [0.2, 0.25) is 0 Å². The number of carbonyl (C=O) groups excluding carboxylic acids is 1. The molecule has 0 aliphatic carbocycles. The second-order valence-electron chi connectivity index (χ2n) is 7.67. The highest BCUT2D eigenvalue weighted by atomic mass is 32.2. The maximum absolute atomic E-state index is 13.9. The van der Waals surface area contributed by atoms with E-state index in [-0.39, 0.29) is 10.8 Å². The first-order valence-electron chi connectivity index (χ1n) is 11.2. The molecular weight excluding hydrogens is 464 g/mol. The van der Waals surface area contributed by atoms with Crippen molar-refractivity contribution in [3.63, 3.8) is 0 Å². The third kappa shape index (κ3) is 6.30. The summed E-state index contributed by atoms with van der Waals surface area (Å²) in [7, 11) is -4.02. The zero-order valence-corrected chi connectivity index (χ0v) is 21.3. The molecule has 0 aliphatic rings. The van der Waals surface area contributed by atoms with Gasteiger partial charge in [0, 0.05) is 24.2 Å². The van der Waals surface area contributed by atoms with Crippen molar-refractivity contribution in [2.45, 2.75) is 35.9 Å². The number of aryl methyl sites for hydroxylation is 1. The summed E-state index contributed by atoms with van der Waals surface area (Å²) >= 11 is 1.23. The maximum atomic E-state index is 13.9. The van der Waals surface area contributed by atoms with Crippen molar-refractivity contribution >= 4 is 33.8 Å². The van der Waals surface area contributed by atoms with Gasteiger partial charge < -0.3 is 4.90 Å². The Bertz CT molecular complexity index is 1190. The lowest BCUT2D eigenvalue weighted by atomic mass is 10.2. The van der Waals surface area contributed by atoms with Gasteiger partial charge in [0.05, 0.1) is 4.90 Å². The number of rotatable bonds is 10. The summed E-state index contributed by atoms with van der Waals surface area (Å²) in [6.07, 6.45) is 3.23. The van der Waals surface area contributed by atoms with Gasteiger partial charge in [0.1, 0.15) is 0 Å². The molecular formula is C27H30N2O3S2. The number of nitrogens with zero attached hydrogens (tertiary/aromatic N) is 2. The van der Waals surface area contributed by atoms with Crippen LogP contribution in [0.5, 0.6) is 0 Å². The number of benzene rings is 3. The maximum Gasteiger partial charge on any atom is 0.265 e. The lowest BCUT2D eigenvalue weighted by molar-refractivity contribution is -0.131. The number of hydrogen-bond donors (Lipinski definition) is 0. The first-order chi connectivity index (χ1) is 16.4. The van der Waals surface area contributed by atoms with Crippen LogP contribution in [0.15, 0.2) is 101 Å². The minimum atomic E-state index is -4.02. The molecule has 0 aliphatic heterocycles. The number of thioether (sulfide) groups is 1. The third-order valence-corrected chi connectivity index (χ3v) is 8.40. The fraction of sp³-hybridized carbons (Fsp3) is 0.222. The lowest BCUT2D eigenvalue weighted by Crippen LogP contribution is -2.47. The molecule has 0 fully saturated rings. The van der Waals surface area contributed by atoms with Crippen LogP contribution in [0.3, 0.4) is 0 Å². The Hall–Kier alpha value is -3.03. The highest BCUT2D eigenvalue weighted by Crippen LogP contribution is 2.32. The van der Waals surface area contributed by atoms with Gasteiger partial charge in [0.25, 0.3) is 15.9 Å². The largest absolute Gasteiger partial charge is 0.341 e. The second kappa shape index (κ2) is 11.9. The summed E-state index contributed by atoms with van der Waals surface area (Å²) in [4.78, 5) is 16.3. The van der Waals surface area contributed by atoms with Crippen LogP contribution in [-0.2, 0) is 14.8 Å². The first-order valence-corrected chi connectivity index (χ1v) is 13.5. The van der Waals surface area contributed by atoms with Gasteiger partial charge in [-0.1, -0.05) is 78.0 Å². The van der Waals surface area contributed by atoms with E-state index in [0.29, 0.717) is 13.1 Å². The highest BCUT2D eigenvalue weighted by molar-refractivity contribution is 8.01. The topological polar surface area (TPSA) is 57.7 Å². The molecule has 3 aromatic rings. The van der Waals surface area contributed by atoms with Crippen LogP contribution in [-0.4, -0.2) is 42.0 Å². The van der Waals surface area contributed by atoms with Gasteiger partial charge in [-0.3, -0.25) is 9.10 Å². The highest BCUT2D eigenvalue weighted by Gasteiger charge is 2.36. The Kier molecular flexibility index (Phi) is 8.96. The van der Waals surface area contributed by atoms with Gasteiger partial charge in [-0.05, 0) is 56.7 Å². The predicted molar refractivity (Wildman–Crippen MR) is 140 cm³/mol. The Balaban J connectivity index is 2.14. The molecule has 3 rings (SSSR count). The Morgan fingerprint density at radius 3 is 2.00 bits per heavy atom. The van der Waals surface area contributed by atoms with Crippen molar-refractivity contribution in [2.24, 2.45) is 0 Å². The van der Waals surface area contributed by atoms with E-state index >= 15 is 0 Å². The SMILES string of the molecule is CCN(CC)C(=O)C(Sc1ccccc1)N(/C=C/c1ccccc1)S(=O)(=O)c1ccc(C)cc1. The molecule has 0 N–H and O–H groups in total. The smallest absolute Gasteiger partial charge is 0.265 e. The minimum Gasteiger partial charge on any atom is -0.341 e. The Labute approximate surface area is 207 Å². The molecule has 0 aromatic heterocycles. The van der Waals surface area contributed by atoms with Crippen LogP contribution >= 0.6 is 11.8 Å². The molecule has 0 bridgehead atoms. The second-order valence-corrected chi connectivity index (χ2v) is 10.7. The quantitative estimate of drug-likeness (QED) is 0.270. The van der Waals surface area contributed by atoms with Crippen LogP contribution in [0.4, 0.5) is 0 Å². The predicted octanol–water partition coefficient (Wildman–Crippen LogP) is 5.64. The molecule has 7 heteroatoms. The monoisotopic (exact) mass is 494 g/mol. The van der Waals surface area contributed by atoms with E-state index in [1.807, 2.05) is 81.4 Å². The van der Waals surface area contributed by atoms with Crippen molar-refractivity contribution in [3.8, 4) is 0 Å². The standard InChI is InChI=1S/C27H30N2O3S2/c1-4-28(5-2)26(30)27(33-24-14-10-7-11-15-24)29(21-20-23-12-8-6-9-13-23)34(31,32)25-18-16-22(3)17-19-25/h6-21,27H,4-5H2,1-3H3/b21-20+. The van der Waals surface area contributed by atoms with E-state index < -0.39 is 15.4 Å². The number of likely N-dealkylation sites (N-methyl/N-ethyl adjacent to an activating group) is 1. The molecule has 1 atom stereocenters. The van der Waals surface area contributed by atoms with Crippen LogP contribution in [0.1, 0.15) is 25.0 Å². The van der Waals surface area contributed by atoms with E-state index in [0.717, 1.165) is 16.0 Å². The van der Waals surface area contributed by atoms with Crippen LogP contribution < -0.4 is 0 Å². The Morgan fingerprint density at radius 1 is 0.882 bits per heavy atom. The number of hydrogen-bond acceptors (Lipinski definition) is 4. The van der Waals surface area contributed by atoms with Crippen molar-refractivity contribution in [2.75, 3.05) is 13.1 Å². The average Bonchev–Trinajstić information content (AvgIpc) is 2.85. The van der Waals surface area contributed by atoms with Gasteiger partial charge in [-0.25, -0.2) is 8.42 Å². The number of amides is 1. The van der Waals surface area contributed by atoms with Crippen LogP contribution in [0.25, 0.3) is 6.08 Å². The lowest BCUT2D eigenvalue weighted by Gasteiger charge is -2.32. The fourth-order valence-electron chi connectivity index (χ4n) is 3.37. The molecule has 34 heavy (non-hydrogen) atoms. The number of sulfonamides is 1. The van der Waals surface area contributed by atoms with Gasteiger partial charge >= 0.3 is 0 Å². The zero-order chi connectivity index (χ0) is 24.6. The van der Waals surface area contributed by atoms with Crippen molar-refractivity contribution < 1.29 is 13.2 Å². The van der Waals surface area contributed by atoms with Gasteiger partial charge in [0.2, 0.25) is 0 Å². The molecule has 1 amide bonds.